The summed E-state index contributed by atoms with van der Waals surface area (Å²) in [5, 5.41) is 12.3. The zero-order valence-corrected chi connectivity index (χ0v) is 11.5. The van der Waals surface area contributed by atoms with Crippen LogP contribution in [0.4, 0.5) is 9.18 Å². The Balaban J connectivity index is 2.49. The van der Waals surface area contributed by atoms with E-state index < -0.39 is 11.8 Å². The molecular weight excluding hydrogens is 303 g/mol. The molecule has 2 aromatic heterocycles. The number of rotatable bonds is 1. The van der Waals surface area contributed by atoms with Crippen molar-refractivity contribution in [1.29, 1.82) is 0 Å². The smallest absolute Gasteiger partial charge is 0.326 e. The molecule has 3 rings (SSSR count). The highest BCUT2D eigenvalue weighted by molar-refractivity contribution is 7.13. The van der Waals surface area contributed by atoms with E-state index in [4.69, 9.17) is 17.3 Å². The van der Waals surface area contributed by atoms with Crippen molar-refractivity contribution in [3.05, 3.63) is 40.5 Å². The third-order valence-electron chi connectivity index (χ3n) is 2.97. The van der Waals surface area contributed by atoms with Crippen molar-refractivity contribution in [3.8, 4) is 16.3 Å². The highest BCUT2D eigenvalue weighted by atomic mass is 35.5. The Labute approximate surface area is 121 Å². The van der Waals surface area contributed by atoms with E-state index in [0.29, 0.717) is 15.8 Å². The number of hydrogen-bond donors (Lipinski definition) is 2. The standard InChI is InChI=1S/C13H8ClFN2O2S/c14-7-5-9-6(4-8(7)15)11(10-2-1-3-20-10)12(18)17(9)13(16)19/h1-5,18H,(H2,16,19). The lowest BCUT2D eigenvalue weighted by Gasteiger charge is -2.01. The molecule has 2 heterocycles. The first-order valence-corrected chi connectivity index (χ1v) is 6.82. The molecule has 7 heteroatoms. The fourth-order valence-electron chi connectivity index (χ4n) is 2.15. The number of aromatic nitrogens is 1. The second-order valence-corrected chi connectivity index (χ2v) is 5.49. The molecule has 20 heavy (non-hydrogen) atoms. The molecule has 3 N–H and O–H groups in total. The van der Waals surface area contributed by atoms with E-state index in [-0.39, 0.29) is 16.4 Å². The van der Waals surface area contributed by atoms with Crippen LogP contribution >= 0.6 is 22.9 Å². The number of nitrogens with zero attached hydrogens (tertiary/aromatic N) is 1. The van der Waals surface area contributed by atoms with Gasteiger partial charge in [0.25, 0.3) is 0 Å². The molecule has 0 radical (unpaired) electrons. The van der Waals surface area contributed by atoms with Crippen molar-refractivity contribution in [1.82, 2.24) is 4.57 Å². The molecule has 0 aliphatic heterocycles. The molecule has 1 amide bonds. The number of benzene rings is 1. The van der Waals surface area contributed by atoms with Crippen molar-refractivity contribution < 1.29 is 14.3 Å². The van der Waals surface area contributed by atoms with Gasteiger partial charge in [-0.1, -0.05) is 17.7 Å². The zero-order chi connectivity index (χ0) is 14.4. The lowest BCUT2D eigenvalue weighted by molar-refractivity contribution is 0.248. The zero-order valence-electron chi connectivity index (χ0n) is 9.93. The van der Waals surface area contributed by atoms with Gasteiger partial charge in [0.1, 0.15) is 5.82 Å². The minimum absolute atomic E-state index is 0.143. The molecule has 0 aliphatic rings. The number of aromatic hydroxyl groups is 1. The van der Waals surface area contributed by atoms with Crippen LogP contribution in [0.25, 0.3) is 21.3 Å². The van der Waals surface area contributed by atoms with Gasteiger partial charge in [-0.05, 0) is 23.6 Å². The number of halogens is 2. The van der Waals surface area contributed by atoms with E-state index in [1.165, 1.54) is 23.5 Å². The van der Waals surface area contributed by atoms with Crippen LogP contribution in [-0.4, -0.2) is 15.7 Å². The van der Waals surface area contributed by atoms with Gasteiger partial charge in [0, 0.05) is 10.3 Å². The minimum atomic E-state index is -0.863. The quantitative estimate of drug-likeness (QED) is 0.718. The molecular formula is C13H8ClFN2O2S. The molecule has 0 bridgehead atoms. The van der Waals surface area contributed by atoms with E-state index in [9.17, 15) is 14.3 Å². The van der Waals surface area contributed by atoms with Crippen LogP contribution in [0.2, 0.25) is 5.02 Å². The van der Waals surface area contributed by atoms with Gasteiger partial charge in [-0.3, -0.25) is 0 Å². The highest BCUT2D eigenvalue weighted by Crippen LogP contribution is 2.42. The average molecular weight is 311 g/mol. The molecule has 3 aromatic rings. The second-order valence-electron chi connectivity index (χ2n) is 4.13. The molecule has 0 saturated carbocycles. The predicted molar refractivity (Wildman–Crippen MR) is 76.9 cm³/mol. The molecule has 0 atom stereocenters. The summed E-state index contributed by atoms with van der Waals surface area (Å²) >= 11 is 7.09. The van der Waals surface area contributed by atoms with Crippen molar-refractivity contribution in [2.24, 2.45) is 5.73 Å². The van der Waals surface area contributed by atoms with Gasteiger partial charge in [0.05, 0.1) is 16.1 Å². The van der Waals surface area contributed by atoms with Crippen LogP contribution in [0, 0.1) is 5.82 Å². The number of amides is 1. The third kappa shape index (κ3) is 1.76. The Morgan fingerprint density at radius 2 is 2.20 bits per heavy atom. The molecule has 0 aliphatic carbocycles. The predicted octanol–water partition coefficient (Wildman–Crippen LogP) is 3.79. The van der Waals surface area contributed by atoms with Crippen LogP contribution in [0.1, 0.15) is 0 Å². The maximum atomic E-state index is 13.7. The maximum absolute atomic E-state index is 13.7. The summed E-state index contributed by atoms with van der Waals surface area (Å²) < 4.78 is 14.6. The fraction of sp³-hybridized carbons (Fsp3) is 0. The van der Waals surface area contributed by atoms with E-state index in [2.05, 4.69) is 0 Å². The lowest BCUT2D eigenvalue weighted by Crippen LogP contribution is -2.18. The van der Waals surface area contributed by atoms with E-state index >= 15 is 0 Å². The molecule has 102 valence electrons. The van der Waals surface area contributed by atoms with Gasteiger partial charge >= 0.3 is 6.03 Å². The number of fused-ring (bicyclic) bond motifs is 1. The summed E-state index contributed by atoms with van der Waals surface area (Å²) in [7, 11) is 0. The summed E-state index contributed by atoms with van der Waals surface area (Å²) in [6.45, 7) is 0. The summed E-state index contributed by atoms with van der Waals surface area (Å²) in [5.41, 5.74) is 5.90. The Morgan fingerprint density at radius 3 is 2.80 bits per heavy atom. The largest absolute Gasteiger partial charge is 0.494 e. The number of thiophene rings is 1. The number of primary amides is 1. The lowest BCUT2D eigenvalue weighted by atomic mass is 10.1. The van der Waals surface area contributed by atoms with Crippen LogP contribution in [-0.2, 0) is 0 Å². The van der Waals surface area contributed by atoms with Gasteiger partial charge in [0.2, 0.25) is 5.88 Å². The Hall–Kier alpha value is -2.05. The van der Waals surface area contributed by atoms with Crippen molar-refractivity contribution in [3.63, 3.8) is 0 Å². The first kappa shape index (κ1) is 13.0. The maximum Gasteiger partial charge on any atom is 0.326 e. The SMILES string of the molecule is NC(=O)n1c(O)c(-c2cccs2)c2cc(F)c(Cl)cc21. The molecule has 0 fully saturated rings. The summed E-state index contributed by atoms with van der Waals surface area (Å²) in [6, 6.07) is 5.15. The third-order valence-corrected chi connectivity index (χ3v) is 4.15. The van der Waals surface area contributed by atoms with Crippen LogP contribution < -0.4 is 5.73 Å². The summed E-state index contributed by atoms with van der Waals surface area (Å²) in [6.07, 6.45) is 0. The van der Waals surface area contributed by atoms with Crippen molar-refractivity contribution in [2.75, 3.05) is 0 Å². The average Bonchev–Trinajstić information content (AvgIpc) is 2.96. The topological polar surface area (TPSA) is 68.2 Å². The van der Waals surface area contributed by atoms with Crippen LogP contribution in [0.15, 0.2) is 29.6 Å². The second kappa shape index (κ2) is 4.50. The van der Waals surface area contributed by atoms with Gasteiger partial charge in [-0.2, -0.15) is 0 Å². The van der Waals surface area contributed by atoms with Gasteiger partial charge < -0.3 is 10.8 Å². The van der Waals surface area contributed by atoms with Crippen LogP contribution in [0.3, 0.4) is 0 Å². The fourth-order valence-corrected chi connectivity index (χ4v) is 3.09. The van der Waals surface area contributed by atoms with E-state index in [1.807, 2.05) is 5.38 Å². The van der Waals surface area contributed by atoms with E-state index in [1.54, 1.807) is 12.1 Å². The first-order chi connectivity index (χ1) is 9.50. The number of nitrogens with two attached hydrogens (primary N) is 1. The van der Waals surface area contributed by atoms with E-state index in [0.717, 1.165) is 4.57 Å². The van der Waals surface area contributed by atoms with Crippen molar-refractivity contribution >= 4 is 39.9 Å². The number of hydrogen-bond acceptors (Lipinski definition) is 3. The molecule has 0 unspecified atom stereocenters. The highest BCUT2D eigenvalue weighted by Gasteiger charge is 2.22. The first-order valence-electron chi connectivity index (χ1n) is 5.57. The molecule has 0 spiro atoms. The molecule has 0 saturated heterocycles. The Bertz CT molecular complexity index is 827. The van der Waals surface area contributed by atoms with Gasteiger partial charge in [-0.25, -0.2) is 13.8 Å². The Kier molecular flexibility index (Phi) is 2.92. The summed E-state index contributed by atoms with van der Waals surface area (Å²) in [4.78, 5) is 12.2. The molecule has 4 nitrogen and oxygen atoms in total. The van der Waals surface area contributed by atoms with Gasteiger partial charge in [0.15, 0.2) is 0 Å². The minimum Gasteiger partial charge on any atom is -0.494 e. The monoisotopic (exact) mass is 310 g/mol. The normalized spacial score (nSPS) is 11.1. The number of carbonyl (C=O) groups is 1. The van der Waals surface area contributed by atoms with Gasteiger partial charge in [-0.15, -0.1) is 11.3 Å². The van der Waals surface area contributed by atoms with Crippen molar-refractivity contribution in [2.45, 2.75) is 0 Å². The Morgan fingerprint density at radius 1 is 1.45 bits per heavy atom. The molecule has 1 aromatic carbocycles. The summed E-state index contributed by atoms with van der Waals surface area (Å²) in [5.74, 6) is -0.949. The number of carbonyl (C=O) groups excluding carboxylic acids is 1. The van der Waals surface area contributed by atoms with Crippen LogP contribution in [0.5, 0.6) is 5.88 Å².